The summed E-state index contributed by atoms with van der Waals surface area (Å²) in [5, 5.41) is 11.7. The van der Waals surface area contributed by atoms with E-state index < -0.39 is 12.7 Å². The summed E-state index contributed by atoms with van der Waals surface area (Å²) in [7, 11) is 0. The lowest BCUT2D eigenvalue weighted by atomic mass is 9.93. The highest BCUT2D eigenvalue weighted by Crippen LogP contribution is 2.41. The van der Waals surface area contributed by atoms with Crippen molar-refractivity contribution in [1.82, 2.24) is 14.5 Å². The molecule has 4 nitrogen and oxygen atoms in total. The summed E-state index contributed by atoms with van der Waals surface area (Å²) < 4.78 is 36.3. The summed E-state index contributed by atoms with van der Waals surface area (Å²) in [6.07, 6.45) is 1.84. The number of hydrogen-bond donors (Lipinski definition) is 1. The van der Waals surface area contributed by atoms with E-state index in [2.05, 4.69) is 54.6 Å². The van der Waals surface area contributed by atoms with Gasteiger partial charge in [-0.1, -0.05) is 123 Å². The van der Waals surface area contributed by atoms with Crippen LogP contribution in [0.25, 0.3) is 83.9 Å². The molecule has 2 heterocycles. The van der Waals surface area contributed by atoms with Crippen LogP contribution in [0, 0.1) is 20.7 Å². The second kappa shape index (κ2) is 15.1. The molecule has 4 heteroatoms. The second-order valence-electron chi connectivity index (χ2n) is 15.2. The Balaban J connectivity index is 1.27. The van der Waals surface area contributed by atoms with E-state index in [4.69, 9.17) is 15.5 Å². The maximum Gasteiger partial charge on any atom is 0.149 e. The van der Waals surface area contributed by atoms with E-state index in [1.807, 2.05) is 142 Å². The van der Waals surface area contributed by atoms with Crippen LogP contribution in [0.4, 0.5) is 0 Å². The molecule has 0 bridgehead atoms. The summed E-state index contributed by atoms with van der Waals surface area (Å²) in [4.78, 5) is 10.2. The van der Waals surface area contributed by atoms with Crippen molar-refractivity contribution < 1.29 is 10.6 Å². The number of fused-ring (bicyclic) bond motifs is 1. The van der Waals surface area contributed by atoms with Crippen LogP contribution in [-0.2, 0) is 0 Å². The average molecular weight is 756 g/mol. The lowest BCUT2D eigenvalue weighted by molar-refractivity contribution is 0.472. The largest absolute Gasteiger partial charge is 0.507 e. The van der Waals surface area contributed by atoms with E-state index in [0.29, 0.717) is 33.7 Å². The SMILES string of the molecule is [2H]C([2H])([2H])c1cc(-n2c(-c3cc(C)cc(C)c3O)nc3c(-c4cc(-c5ccccc5)cc(-c5cc(-c6ccc(C([2H])(C)C)cc6)ccn5)c4)cccc32)ccc1-c1ccccc1. The van der Waals surface area contributed by atoms with Gasteiger partial charge in [0.15, 0.2) is 0 Å². The highest BCUT2D eigenvalue weighted by Gasteiger charge is 2.22. The predicted molar refractivity (Wildman–Crippen MR) is 241 cm³/mol. The van der Waals surface area contributed by atoms with Gasteiger partial charge in [-0.25, -0.2) is 4.98 Å². The number of aromatic hydroxyl groups is 1. The van der Waals surface area contributed by atoms with Gasteiger partial charge in [0.05, 0.1) is 22.3 Å². The molecule has 0 saturated heterocycles. The Bertz CT molecular complexity index is 3110. The molecule has 0 aliphatic carbocycles. The average Bonchev–Trinajstić information content (AvgIpc) is 3.67. The van der Waals surface area contributed by atoms with Crippen LogP contribution in [0.5, 0.6) is 5.75 Å². The smallest absolute Gasteiger partial charge is 0.149 e. The van der Waals surface area contributed by atoms with Gasteiger partial charge >= 0.3 is 0 Å². The number of phenolic OH excluding ortho intramolecular Hbond substituents is 1. The van der Waals surface area contributed by atoms with Crippen molar-refractivity contribution in [2.24, 2.45) is 0 Å². The van der Waals surface area contributed by atoms with Gasteiger partial charge < -0.3 is 5.11 Å². The Labute approximate surface area is 346 Å². The van der Waals surface area contributed by atoms with Crippen molar-refractivity contribution in [1.29, 1.82) is 0 Å². The molecule has 0 amide bonds. The first kappa shape index (κ1) is 32.1. The maximum atomic E-state index is 11.7. The van der Waals surface area contributed by atoms with Gasteiger partial charge in [0.1, 0.15) is 11.6 Å². The standard InChI is InChI=1S/C54H45N3O/c1-34(2)38-19-21-40(22-20-38)42-25-26-55-50(33-42)45-31-43(39-13-8-6-9-14-39)30-44(32-45)48-17-12-18-51-52(48)56-54(49-28-35(3)27-37(5)53(49)58)57(51)46-23-24-47(36(4)29-46)41-15-10-7-11-16-41/h6-34,58H,1-5H3/i4D3,34D. The molecule has 0 aliphatic heterocycles. The summed E-state index contributed by atoms with van der Waals surface area (Å²) in [5.41, 5.74) is 14.5. The summed E-state index contributed by atoms with van der Waals surface area (Å²) >= 11 is 0. The first-order valence-electron chi connectivity index (χ1n) is 21.5. The third kappa shape index (κ3) is 6.88. The van der Waals surface area contributed by atoms with Crippen LogP contribution in [0.1, 0.15) is 47.5 Å². The first-order valence-corrected chi connectivity index (χ1v) is 19.5. The van der Waals surface area contributed by atoms with E-state index in [9.17, 15) is 5.11 Å². The van der Waals surface area contributed by atoms with Crippen molar-refractivity contribution in [3.63, 3.8) is 0 Å². The number of pyridine rings is 1. The molecule has 1 N–H and O–H groups in total. The van der Waals surface area contributed by atoms with Gasteiger partial charge in [0.2, 0.25) is 0 Å². The zero-order chi connectivity index (χ0) is 43.3. The molecule has 9 rings (SSSR count). The number of nitrogens with zero attached hydrogens (tertiary/aromatic N) is 3. The van der Waals surface area contributed by atoms with E-state index >= 15 is 0 Å². The van der Waals surface area contributed by atoms with Crippen molar-refractivity contribution in [3.05, 3.63) is 192 Å². The normalized spacial score (nSPS) is 12.8. The molecule has 282 valence electrons. The van der Waals surface area contributed by atoms with Crippen LogP contribution >= 0.6 is 0 Å². The van der Waals surface area contributed by atoms with Gasteiger partial charge in [0, 0.05) is 28.5 Å². The molecule has 0 fully saturated rings. The lowest BCUT2D eigenvalue weighted by Gasteiger charge is -2.15. The Hall–Kier alpha value is -7.04. The molecule has 0 saturated carbocycles. The highest BCUT2D eigenvalue weighted by molar-refractivity contribution is 5.98. The van der Waals surface area contributed by atoms with E-state index in [1.165, 1.54) is 0 Å². The Morgan fingerprint density at radius 1 is 0.569 bits per heavy atom. The summed E-state index contributed by atoms with van der Waals surface area (Å²) in [6.45, 7) is 5.24. The zero-order valence-corrected chi connectivity index (χ0v) is 33.0. The number of hydrogen-bond acceptors (Lipinski definition) is 3. The third-order valence-corrected chi connectivity index (χ3v) is 10.9. The van der Waals surface area contributed by atoms with E-state index in [1.54, 1.807) is 6.07 Å². The molecule has 0 atom stereocenters. The number of benzene rings is 7. The maximum absolute atomic E-state index is 11.7. The second-order valence-corrected chi connectivity index (χ2v) is 15.2. The number of aromatic nitrogens is 3. The third-order valence-electron chi connectivity index (χ3n) is 10.9. The molecule has 0 spiro atoms. The lowest BCUT2D eigenvalue weighted by Crippen LogP contribution is -2.00. The van der Waals surface area contributed by atoms with Crippen LogP contribution < -0.4 is 0 Å². The van der Waals surface area contributed by atoms with Crippen molar-refractivity contribution in [3.8, 4) is 78.6 Å². The quantitative estimate of drug-likeness (QED) is 0.168. The summed E-state index contributed by atoms with van der Waals surface area (Å²) in [5.74, 6) is -0.0831. The Kier molecular flexibility index (Phi) is 8.37. The summed E-state index contributed by atoms with van der Waals surface area (Å²) in [6, 6.07) is 54.1. The monoisotopic (exact) mass is 755 g/mol. The highest BCUT2D eigenvalue weighted by atomic mass is 16.3. The predicted octanol–water partition coefficient (Wildman–Crippen LogP) is 14.2. The zero-order valence-electron chi connectivity index (χ0n) is 37.0. The molecule has 58 heavy (non-hydrogen) atoms. The number of rotatable bonds is 8. The van der Waals surface area contributed by atoms with E-state index in [0.717, 1.165) is 66.8 Å². The molecule has 0 radical (unpaired) electrons. The molecular weight excluding hydrogens is 707 g/mol. The molecule has 0 aliphatic rings. The van der Waals surface area contributed by atoms with E-state index in [-0.39, 0.29) is 11.3 Å². The minimum Gasteiger partial charge on any atom is -0.507 e. The van der Waals surface area contributed by atoms with Gasteiger partial charge in [0.25, 0.3) is 0 Å². The van der Waals surface area contributed by atoms with Gasteiger partial charge in [-0.3, -0.25) is 9.55 Å². The van der Waals surface area contributed by atoms with Crippen LogP contribution in [0.15, 0.2) is 170 Å². The van der Waals surface area contributed by atoms with Crippen LogP contribution in [0.2, 0.25) is 0 Å². The minimum atomic E-state index is -2.41. The van der Waals surface area contributed by atoms with Crippen LogP contribution in [0.3, 0.4) is 0 Å². The van der Waals surface area contributed by atoms with Gasteiger partial charge in [-0.2, -0.15) is 0 Å². The van der Waals surface area contributed by atoms with Crippen molar-refractivity contribution in [2.45, 2.75) is 40.4 Å². The molecular formula is C54H45N3O. The number of imidazole rings is 1. The van der Waals surface area contributed by atoms with Crippen molar-refractivity contribution in [2.75, 3.05) is 0 Å². The number of aryl methyl sites for hydroxylation is 3. The fourth-order valence-corrected chi connectivity index (χ4v) is 7.94. The molecule has 9 aromatic rings. The topological polar surface area (TPSA) is 50.9 Å². The Morgan fingerprint density at radius 3 is 2.02 bits per heavy atom. The minimum absolute atomic E-state index is 0.114. The van der Waals surface area contributed by atoms with Gasteiger partial charge in [-0.05, 0) is 142 Å². The fourth-order valence-electron chi connectivity index (χ4n) is 7.94. The number of phenols is 1. The van der Waals surface area contributed by atoms with Crippen molar-refractivity contribution >= 4 is 11.0 Å². The molecule has 2 aromatic heterocycles. The Morgan fingerprint density at radius 2 is 1.28 bits per heavy atom. The molecule has 0 unspecified atom stereocenters. The fraction of sp³-hybridized carbons (Fsp3) is 0.111. The van der Waals surface area contributed by atoms with Gasteiger partial charge in [-0.15, -0.1) is 0 Å². The first-order chi connectivity index (χ1) is 29.7. The number of para-hydroxylation sites is 1. The van der Waals surface area contributed by atoms with Crippen LogP contribution in [-0.4, -0.2) is 19.6 Å². The molecule has 7 aromatic carbocycles.